The third-order valence-electron chi connectivity index (χ3n) is 5.07. The molecule has 1 aromatic carbocycles. The second kappa shape index (κ2) is 5.53. The summed E-state index contributed by atoms with van der Waals surface area (Å²) in [4.78, 5) is 15.6. The smallest absolute Gasteiger partial charge is 0.256 e. The fourth-order valence-electron chi connectivity index (χ4n) is 3.81. The van der Waals surface area contributed by atoms with Gasteiger partial charge in [-0.3, -0.25) is 4.79 Å². The highest BCUT2D eigenvalue weighted by Crippen LogP contribution is 2.43. The van der Waals surface area contributed by atoms with Gasteiger partial charge in [-0.15, -0.1) is 5.10 Å². The molecule has 5 atom stereocenters. The van der Waals surface area contributed by atoms with Crippen molar-refractivity contribution in [3.63, 3.8) is 0 Å². The average molecular weight is 360 g/mol. The first kappa shape index (κ1) is 15.3. The van der Waals surface area contributed by atoms with E-state index < -0.39 is 29.7 Å². The Morgan fingerprint density at radius 1 is 1.24 bits per heavy atom. The topological polar surface area (TPSA) is 101 Å². The van der Waals surface area contributed by atoms with Gasteiger partial charge in [0.2, 0.25) is 0 Å². The van der Waals surface area contributed by atoms with E-state index in [1.807, 2.05) is 18.2 Å². The molecule has 25 heavy (non-hydrogen) atoms. The lowest BCUT2D eigenvalue weighted by Crippen LogP contribution is -2.68. The molecule has 0 spiro atoms. The SMILES string of the molecule is O=C1c2ccccc2S[C@@H]2[C@@H](O)[C@@H](O)[C@@H]3OCc4cnnn4C[C@@H]3N12. The Bertz CT molecular complexity index is 843. The van der Waals surface area contributed by atoms with E-state index in [9.17, 15) is 15.0 Å². The van der Waals surface area contributed by atoms with Gasteiger partial charge >= 0.3 is 0 Å². The number of nitrogens with zero attached hydrogens (tertiary/aromatic N) is 4. The number of hydrogen-bond donors (Lipinski definition) is 2. The fourth-order valence-corrected chi connectivity index (χ4v) is 5.18. The van der Waals surface area contributed by atoms with E-state index in [1.165, 1.54) is 11.8 Å². The van der Waals surface area contributed by atoms with Gasteiger partial charge < -0.3 is 19.8 Å². The Morgan fingerprint density at radius 2 is 2.08 bits per heavy atom. The monoisotopic (exact) mass is 360 g/mol. The van der Waals surface area contributed by atoms with Gasteiger partial charge in [0.1, 0.15) is 23.7 Å². The molecule has 2 N–H and O–H groups in total. The summed E-state index contributed by atoms with van der Waals surface area (Å²) >= 11 is 1.40. The molecule has 4 heterocycles. The summed E-state index contributed by atoms with van der Waals surface area (Å²) < 4.78 is 7.54. The third kappa shape index (κ3) is 2.16. The van der Waals surface area contributed by atoms with Crippen LogP contribution in [0.2, 0.25) is 0 Å². The van der Waals surface area contributed by atoms with Crippen molar-refractivity contribution in [3.8, 4) is 0 Å². The minimum Gasteiger partial charge on any atom is -0.387 e. The van der Waals surface area contributed by atoms with E-state index in [1.54, 1.807) is 21.8 Å². The molecule has 5 rings (SSSR count). The van der Waals surface area contributed by atoms with Crippen LogP contribution in [-0.2, 0) is 17.9 Å². The van der Waals surface area contributed by atoms with Crippen LogP contribution in [-0.4, -0.2) is 65.7 Å². The van der Waals surface area contributed by atoms with Gasteiger partial charge in [0.05, 0.1) is 36.6 Å². The molecule has 0 saturated carbocycles. The second-order valence-corrected chi connectivity index (χ2v) is 7.61. The van der Waals surface area contributed by atoms with Crippen molar-refractivity contribution in [1.82, 2.24) is 19.9 Å². The highest BCUT2D eigenvalue weighted by Gasteiger charge is 2.54. The Kier molecular flexibility index (Phi) is 3.39. The summed E-state index contributed by atoms with van der Waals surface area (Å²) in [6.45, 7) is 0.600. The number of fused-ring (bicyclic) bond motifs is 5. The van der Waals surface area contributed by atoms with Crippen molar-refractivity contribution in [2.75, 3.05) is 0 Å². The second-order valence-electron chi connectivity index (χ2n) is 6.45. The van der Waals surface area contributed by atoms with Crippen molar-refractivity contribution in [2.24, 2.45) is 0 Å². The first-order valence-corrected chi connectivity index (χ1v) is 8.96. The van der Waals surface area contributed by atoms with Crippen LogP contribution in [0.25, 0.3) is 0 Å². The Morgan fingerprint density at radius 3 is 2.96 bits per heavy atom. The normalized spacial score (nSPS) is 33.8. The molecule has 2 aromatic rings. The van der Waals surface area contributed by atoms with Gasteiger partial charge in [-0.25, -0.2) is 4.68 Å². The quantitative estimate of drug-likeness (QED) is 0.674. The van der Waals surface area contributed by atoms with Gasteiger partial charge in [0.25, 0.3) is 5.91 Å². The maximum Gasteiger partial charge on any atom is 0.256 e. The molecule has 9 heteroatoms. The fraction of sp³-hybridized carbons (Fsp3) is 0.438. The molecular weight excluding hydrogens is 344 g/mol. The average Bonchev–Trinajstić information content (AvgIpc) is 2.98. The van der Waals surface area contributed by atoms with Crippen LogP contribution < -0.4 is 0 Å². The van der Waals surface area contributed by atoms with E-state index >= 15 is 0 Å². The van der Waals surface area contributed by atoms with Crippen LogP contribution in [0.5, 0.6) is 0 Å². The Hall–Kier alpha value is -1.94. The van der Waals surface area contributed by atoms with Crippen LogP contribution in [0, 0.1) is 0 Å². The highest BCUT2D eigenvalue weighted by atomic mass is 32.2. The highest BCUT2D eigenvalue weighted by molar-refractivity contribution is 8.00. The number of aliphatic hydroxyl groups excluding tert-OH is 2. The maximum absolute atomic E-state index is 13.1. The predicted octanol–water partition coefficient (Wildman–Crippen LogP) is -0.145. The molecule has 0 radical (unpaired) electrons. The van der Waals surface area contributed by atoms with Crippen LogP contribution in [0.3, 0.4) is 0 Å². The minimum atomic E-state index is -1.09. The molecule has 0 bridgehead atoms. The molecule has 3 aliphatic heterocycles. The van der Waals surface area contributed by atoms with Crippen LogP contribution in [0.15, 0.2) is 35.4 Å². The van der Waals surface area contributed by atoms with Crippen molar-refractivity contribution in [2.45, 2.75) is 47.8 Å². The van der Waals surface area contributed by atoms with Gasteiger partial charge in [-0.1, -0.05) is 29.1 Å². The first-order chi connectivity index (χ1) is 12.1. The van der Waals surface area contributed by atoms with Gasteiger partial charge in [-0.2, -0.15) is 0 Å². The zero-order chi connectivity index (χ0) is 17.1. The van der Waals surface area contributed by atoms with Crippen LogP contribution in [0.1, 0.15) is 16.1 Å². The first-order valence-electron chi connectivity index (χ1n) is 8.08. The number of thioether (sulfide) groups is 1. The van der Waals surface area contributed by atoms with Gasteiger partial charge in [0, 0.05) is 4.90 Å². The van der Waals surface area contributed by atoms with E-state index in [2.05, 4.69) is 10.3 Å². The van der Waals surface area contributed by atoms with E-state index in [0.717, 1.165) is 10.6 Å². The lowest BCUT2D eigenvalue weighted by atomic mass is 9.92. The van der Waals surface area contributed by atoms with E-state index in [0.29, 0.717) is 12.1 Å². The zero-order valence-corrected chi connectivity index (χ0v) is 13.9. The summed E-state index contributed by atoms with van der Waals surface area (Å²) in [7, 11) is 0. The number of benzene rings is 1. The molecule has 1 aromatic heterocycles. The summed E-state index contributed by atoms with van der Waals surface area (Å²) in [5, 5.41) is 28.6. The minimum absolute atomic E-state index is 0.160. The Labute approximate surface area is 147 Å². The molecule has 1 saturated heterocycles. The maximum atomic E-state index is 13.1. The molecule has 0 unspecified atom stereocenters. The van der Waals surface area contributed by atoms with Crippen molar-refractivity contribution in [1.29, 1.82) is 0 Å². The van der Waals surface area contributed by atoms with Gasteiger partial charge in [-0.05, 0) is 12.1 Å². The third-order valence-corrected chi connectivity index (χ3v) is 6.43. The lowest BCUT2D eigenvalue weighted by Gasteiger charge is -2.51. The predicted molar refractivity (Wildman–Crippen MR) is 86.7 cm³/mol. The van der Waals surface area contributed by atoms with E-state index in [-0.39, 0.29) is 12.5 Å². The number of aromatic nitrogens is 3. The molecule has 1 amide bonds. The number of rotatable bonds is 0. The summed E-state index contributed by atoms with van der Waals surface area (Å²) in [6, 6.07) is 6.90. The summed E-state index contributed by atoms with van der Waals surface area (Å²) in [5.74, 6) is -0.160. The zero-order valence-electron chi connectivity index (χ0n) is 13.1. The number of carbonyl (C=O) groups is 1. The molecular formula is C16H16N4O4S. The standard InChI is InChI=1S/C16H16N4O4S/c21-12-13(22)16-20(15(23)9-3-1-2-4-11(9)25-16)10-6-19-8(5-17-18-19)7-24-14(10)12/h1-5,10,12-14,16,21-22H,6-7H2/t10-,12+,13-,14+,16+/m0/s1. The molecule has 0 aliphatic carbocycles. The van der Waals surface area contributed by atoms with E-state index in [4.69, 9.17) is 4.74 Å². The van der Waals surface area contributed by atoms with Crippen molar-refractivity contribution < 1.29 is 19.7 Å². The largest absolute Gasteiger partial charge is 0.387 e. The number of carbonyl (C=O) groups excluding carboxylic acids is 1. The molecule has 130 valence electrons. The number of amides is 1. The van der Waals surface area contributed by atoms with Gasteiger partial charge in [0.15, 0.2) is 0 Å². The van der Waals surface area contributed by atoms with Crippen molar-refractivity contribution >= 4 is 17.7 Å². The number of hydrogen-bond acceptors (Lipinski definition) is 7. The molecule has 3 aliphatic rings. The molecule has 8 nitrogen and oxygen atoms in total. The van der Waals surface area contributed by atoms with Crippen molar-refractivity contribution in [3.05, 3.63) is 41.7 Å². The number of aliphatic hydroxyl groups is 2. The van der Waals surface area contributed by atoms with Crippen LogP contribution >= 0.6 is 11.8 Å². The summed E-state index contributed by atoms with van der Waals surface area (Å²) in [6.07, 6.45) is -1.23. The molecule has 1 fully saturated rings. The van der Waals surface area contributed by atoms with Crippen LogP contribution in [0.4, 0.5) is 0 Å². The Balaban J connectivity index is 1.60. The number of piperidine rings is 1. The summed E-state index contributed by atoms with van der Waals surface area (Å²) in [5.41, 5.74) is 1.39. The number of ether oxygens (including phenoxy) is 1. The lowest BCUT2D eigenvalue weighted by molar-refractivity contribution is -0.159.